The van der Waals surface area contributed by atoms with E-state index in [2.05, 4.69) is 15.7 Å². The fourth-order valence-electron chi connectivity index (χ4n) is 3.12. The first kappa shape index (κ1) is 17.7. The number of rotatable bonds is 4. The van der Waals surface area contributed by atoms with Crippen molar-refractivity contribution >= 4 is 29.1 Å². The summed E-state index contributed by atoms with van der Waals surface area (Å²) in [6.45, 7) is -0.321. The number of amides is 3. The zero-order chi connectivity index (χ0) is 19.8. The van der Waals surface area contributed by atoms with Gasteiger partial charge in [0, 0.05) is 11.8 Å². The van der Waals surface area contributed by atoms with Crippen LogP contribution in [0.25, 0.3) is 0 Å². The third-order valence-corrected chi connectivity index (χ3v) is 4.37. The monoisotopic (exact) mass is 385 g/mol. The maximum absolute atomic E-state index is 14.1. The van der Waals surface area contributed by atoms with Crippen molar-refractivity contribution in [3.05, 3.63) is 60.2 Å². The molecule has 0 aliphatic carbocycles. The summed E-state index contributed by atoms with van der Waals surface area (Å²) in [5, 5.41) is 11.2. The van der Waals surface area contributed by atoms with Crippen molar-refractivity contribution in [2.24, 2.45) is 10.3 Å². The lowest BCUT2D eigenvalue weighted by atomic mass is 10.1. The lowest BCUT2D eigenvalue weighted by molar-refractivity contribution is -0.123. The van der Waals surface area contributed by atoms with Crippen LogP contribution in [0.3, 0.4) is 0 Å². The summed E-state index contributed by atoms with van der Waals surface area (Å²) in [6.07, 6.45) is 0. The molecule has 8 nitrogen and oxygen atoms in total. The maximum atomic E-state index is 14.1. The molecule has 0 aromatic heterocycles. The summed E-state index contributed by atoms with van der Waals surface area (Å²) in [5.74, 6) is -3.91. The number of para-hydroxylation sites is 1. The third-order valence-electron chi connectivity index (χ3n) is 4.37. The van der Waals surface area contributed by atoms with Gasteiger partial charge in [-0.2, -0.15) is 5.11 Å². The van der Waals surface area contributed by atoms with E-state index in [1.807, 2.05) is 0 Å². The standard InChI is InChI=1S/C18H13F2N5O3/c19-10-6-7-13(12(20)8-10)25-17(27)15-16(18(25)28)24(23-22-15)9-14(26)21-11-4-2-1-3-5-11/h1-8,15-16H,9H2,(H,21,26)/t15-,16+/m0/s1. The molecule has 2 aromatic carbocycles. The van der Waals surface area contributed by atoms with Gasteiger partial charge in [0.1, 0.15) is 18.2 Å². The zero-order valence-electron chi connectivity index (χ0n) is 14.3. The van der Waals surface area contributed by atoms with Gasteiger partial charge in [-0.1, -0.05) is 23.4 Å². The Labute approximate surface area is 157 Å². The Balaban J connectivity index is 1.52. The second-order valence-corrected chi connectivity index (χ2v) is 6.21. The van der Waals surface area contributed by atoms with Crippen molar-refractivity contribution in [2.75, 3.05) is 16.8 Å². The molecular weight excluding hydrogens is 372 g/mol. The molecule has 2 aliphatic heterocycles. The average molecular weight is 385 g/mol. The van der Waals surface area contributed by atoms with E-state index < -0.39 is 41.4 Å². The van der Waals surface area contributed by atoms with Crippen LogP contribution in [-0.2, 0) is 14.4 Å². The quantitative estimate of drug-likeness (QED) is 0.814. The Morgan fingerprint density at radius 1 is 1.07 bits per heavy atom. The van der Waals surface area contributed by atoms with Crippen LogP contribution in [0.4, 0.5) is 20.2 Å². The summed E-state index contributed by atoms with van der Waals surface area (Å²) in [5.41, 5.74) is 0.193. The molecule has 1 saturated heterocycles. The normalized spacial score (nSPS) is 20.6. The first-order valence-corrected chi connectivity index (χ1v) is 8.31. The molecule has 10 heteroatoms. The fourth-order valence-corrected chi connectivity index (χ4v) is 3.12. The van der Waals surface area contributed by atoms with Crippen LogP contribution in [0.15, 0.2) is 58.9 Å². The van der Waals surface area contributed by atoms with Crippen molar-refractivity contribution in [3.63, 3.8) is 0 Å². The number of fused-ring (bicyclic) bond motifs is 1. The molecule has 2 atom stereocenters. The van der Waals surface area contributed by atoms with Crippen molar-refractivity contribution in [1.82, 2.24) is 5.01 Å². The Bertz CT molecular complexity index is 998. The van der Waals surface area contributed by atoms with E-state index in [1.165, 1.54) is 0 Å². The molecule has 3 amide bonds. The van der Waals surface area contributed by atoms with E-state index in [9.17, 15) is 23.2 Å². The van der Waals surface area contributed by atoms with E-state index in [0.717, 1.165) is 17.1 Å². The molecule has 28 heavy (non-hydrogen) atoms. The van der Waals surface area contributed by atoms with Crippen LogP contribution >= 0.6 is 0 Å². The molecule has 0 saturated carbocycles. The number of nitrogens with zero attached hydrogens (tertiary/aromatic N) is 4. The molecule has 4 rings (SSSR count). The maximum Gasteiger partial charge on any atom is 0.263 e. The fraction of sp³-hybridized carbons (Fsp3) is 0.167. The van der Waals surface area contributed by atoms with E-state index in [1.54, 1.807) is 30.3 Å². The highest BCUT2D eigenvalue weighted by atomic mass is 19.1. The lowest BCUT2D eigenvalue weighted by Gasteiger charge is -2.20. The number of carbonyl (C=O) groups excluding carboxylic acids is 3. The highest BCUT2D eigenvalue weighted by Crippen LogP contribution is 2.33. The molecule has 142 valence electrons. The Morgan fingerprint density at radius 2 is 1.82 bits per heavy atom. The van der Waals surface area contributed by atoms with Crippen LogP contribution in [0.5, 0.6) is 0 Å². The average Bonchev–Trinajstić information content (AvgIpc) is 3.17. The van der Waals surface area contributed by atoms with Gasteiger partial charge in [-0.25, -0.2) is 13.7 Å². The third kappa shape index (κ3) is 2.98. The Hall–Kier alpha value is -3.69. The minimum atomic E-state index is -1.18. The minimum absolute atomic E-state index is 0.321. The van der Waals surface area contributed by atoms with Gasteiger partial charge in [0.25, 0.3) is 11.8 Å². The van der Waals surface area contributed by atoms with Crippen LogP contribution in [-0.4, -0.2) is 41.4 Å². The van der Waals surface area contributed by atoms with E-state index >= 15 is 0 Å². The number of carbonyl (C=O) groups is 3. The number of hydrogen-bond donors (Lipinski definition) is 1. The van der Waals surface area contributed by atoms with Gasteiger partial charge in [-0.05, 0) is 24.3 Å². The van der Waals surface area contributed by atoms with Gasteiger partial charge in [-0.15, -0.1) is 0 Å². The second-order valence-electron chi connectivity index (χ2n) is 6.21. The van der Waals surface area contributed by atoms with Crippen LogP contribution in [0.2, 0.25) is 0 Å². The lowest BCUT2D eigenvalue weighted by Crippen LogP contribution is -2.43. The number of imide groups is 1. The highest BCUT2D eigenvalue weighted by Gasteiger charge is 2.55. The van der Waals surface area contributed by atoms with Crippen molar-refractivity contribution in [2.45, 2.75) is 12.1 Å². The van der Waals surface area contributed by atoms with Crippen LogP contribution in [0.1, 0.15) is 0 Å². The molecule has 2 aromatic rings. The summed E-state index contributed by atoms with van der Waals surface area (Å²) in [4.78, 5) is 38.1. The molecule has 0 bridgehead atoms. The van der Waals surface area contributed by atoms with Gasteiger partial charge >= 0.3 is 0 Å². The Kier molecular flexibility index (Phi) is 4.30. The molecule has 0 radical (unpaired) electrons. The van der Waals surface area contributed by atoms with Gasteiger partial charge in [0.15, 0.2) is 12.1 Å². The zero-order valence-corrected chi connectivity index (χ0v) is 14.3. The van der Waals surface area contributed by atoms with Crippen molar-refractivity contribution < 1.29 is 23.2 Å². The van der Waals surface area contributed by atoms with Gasteiger partial charge in [-0.3, -0.25) is 19.4 Å². The predicted octanol–water partition coefficient (Wildman–Crippen LogP) is 1.90. The summed E-state index contributed by atoms with van der Waals surface area (Å²) in [6, 6.07) is 8.86. The SMILES string of the molecule is O=C(CN1N=N[C@@H]2C(=O)N(c3ccc(F)cc3F)C(=O)[C@@H]21)Nc1ccccc1. The van der Waals surface area contributed by atoms with Crippen molar-refractivity contribution in [1.29, 1.82) is 0 Å². The van der Waals surface area contributed by atoms with Gasteiger partial charge < -0.3 is 5.32 Å². The smallest absolute Gasteiger partial charge is 0.263 e. The summed E-state index contributed by atoms with van der Waals surface area (Å²) < 4.78 is 27.2. The van der Waals surface area contributed by atoms with Gasteiger partial charge in [0.05, 0.1) is 5.69 Å². The van der Waals surface area contributed by atoms with E-state index in [4.69, 9.17) is 0 Å². The molecule has 2 heterocycles. The topological polar surface area (TPSA) is 94.4 Å². The van der Waals surface area contributed by atoms with Gasteiger partial charge in [0.2, 0.25) is 5.91 Å². The van der Waals surface area contributed by atoms with Crippen molar-refractivity contribution in [3.8, 4) is 0 Å². The van der Waals surface area contributed by atoms with Crippen LogP contribution in [0, 0.1) is 11.6 Å². The number of nitrogens with one attached hydrogen (secondary N) is 1. The molecular formula is C18H13F2N5O3. The summed E-state index contributed by atoms with van der Waals surface area (Å²) in [7, 11) is 0. The molecule has 1 fully saturated rings. The molecule has 0 unspecified atom stereocenters. The number of benzene rings is 2. The first-order chi connectivity index (χ1) is 13.5. The predicted molar refractivity (Wildman–Crippen MR) is 93.1 cm³/mol. The first-order valence-electron chi connectivity index (χ1n) is 8.31. The molecule has 0 spiro atoms. The van der Waals surface area contributed by atoms with Crippen LogP contribution < -0.4 is 10.2 Å². The Morgan fingerprint density at radius 3 is 2.54 bits per heavy atom. The molecule has 2 aliphatic rings. The second kappa shape index (κ2) is 6.80. The minimum Gasteiger partial charge on any atom is -0.324 e. The summed E-state index contributed by atoms with van der Waals surface area (Å²) >= 11 is 0. The number of hydrogen-bond acceptors (Lipinski definition) is 6. The number of halogens is 2. The van der Waals surface area contributed by atoms with E-state index in [0.29, 0.717) is 16.7 Å². The van der Waals surface area contributed by atoms with E-state index in [-0.39, 0.29) is 12.2 Å². The highest BCUT2D eigenvalue weighted by molar-refractivity contribution is 6.25. The molecule has 1 N–H and O–H groups in total. The largest absolute Gasteiger partial charge is 0.324 e. The number of anilines is 2.